The van der Waals surface area contributed by atoms with Gasteiger partial charge in [-0.2, -0.15) is 0 Å². The van der Waals surface area contributed by atoms with Crippen molar-refractivity contribution in [1.29, 1.82) is 0 Å². The van der Waals surface area contributed by atoms with Gasteiger partial charge in [0.2, 0.25) is 0 Å². The first-order valence-corrected chi connectivity index (χ1v) is 5.30. The lowest BCUT2D eigenvalue weighted by Crippen LogP contribution is -2.31. The Morgan fingerprint density at radius 2 is 1.93 bits per heavy atom. The van der Waals surface area contributed by atoms with Crippen molar-refractivity contribution in [2.75, 3.05) is 13.6 Å². The fourth-order valence-corrected chi connectivity index (χ4v) is 1.48. The van der Waals surface area contributed by atoms with E-state index in [-0.39, 0.29) is 6.04 Å². The molecule has 2 atom stereocenters. The number of aliphatic hydroxyl groups is 1. The minimum atomic E-state index is -0.570. The number of hydrogen-bond donors (Lipinski definition) is 3. The van der Waals surface area contributed by atoms with Gasteiger partial charge in [-0.15, -0.1) is 0 Å². The molecule has 0 aliphatic carbocycles. The molecule has 3 nitrogen and oxygen atoms in total. The maximum atomic E-state index is 9.95. The third-order valence-electron chi connectivity index (χ3n) is 2.55. The van der Waals surface area contributed by atoms with Crippen LogP contribution < -0.4 is 11.1 Å². The molecular weight excluding hydrogens is 188 g/mol. The van der Waals surface area contributed by atoms with Crippen LogP contribution in [0, 0.1) is 6.92 Å². The van der Waals surface area contributed by atoms with E-state index < -0.39 is 6.10 Å². The van der Waals surface area contributed by atoms with Gasteiger partial charge in [-0.1, -0.05) is 29.8 Å². The van der Waals surface area contributed by atoms with Crippen LogP contribution in [0.25, 0.3) is 0 Å². The maximum absolute atomic E-state index is 9.95. The van der Waals surface area contributed by atoms with Gasteiger partial charge in [0, 0.05) is 6.04 Å². The zero-order chi connectivity index (χ0) is 11.3. The smallest absolute Gasteiger partial charge is 0.0941 e. The summed E-state index contributed by atoms with van der Waals surface area (Å²) in [6.45, 7) is 2.85. The first-order chi connectivity index (χ1) is 7.15. The predicted octanol–water partition coefficient (Wildman–Crippen LogP) is 0.965. The molecule has 0 aliphatic rings. The Balaban J connectivity index is 2.59. The molecule has 0 saturated carbocycles. The Labute approximate surface area is 91.3 Å². The van der Waals surface area contributed by atoms with Crippen LogP contribution in [-0.2, 0) is 0 Å². The summed E-state index contributed by atoms with van der Waals surface area (Å²) in [5.74, 6) is 0. The van der Waals surface area contributed by atoms with E-state index in [4.69, 9.17) is 5.73 Å². The van der Waals surface area contributed by atoms with Crippen molar-refractivity contribution in [3.63, 3.8) is 0 Å². The standard InChI is InChI=1S/C12H20N2O/c1-9-3-5-10(6-4-9)12(15)11(13)7-8-14-2/h3-6,11-12,14-15H,7-8,13H2,1-2H3. The largest absolute Gasteiger partial charge is 0.387 e. The molecule has 4 N–H and O–H groups in total. The van der Waals surface area contributed by atoms with Gasteiger partial charge < -0.3 is 16.2 Å². The molecule has 84 valence electrons. The summed E-state index contributed by atoms with van der Waals surface area (Å²) < 4.78 is 0. The summed E-state index contributed by atoms with van der Waals surface area (Å²) in [6, 6.07) is 7.63. The SMILES string of the molecule is CNCCC(N)C(O)c1ccc(C)cc1. The van der Waals surface area contributed by atoms with Gasteiger partial charge in [-0.3, -0.25) is 0 Å². The van der Waals surface area contributed by atoms with Crippen LogP contribution in [0.2, 0.25) is 0 Å². The van der Waals surface area contributed by atoms with Crippen LogP contribution >= 0.6 is 0 Å². The summed E-state index contributed by atoms with van der Waals surface area (Å²) in [6.07, 6.45) is 0.199. The van der Waals surface area contributed by atoms with Gasteiger partial charge in [0.05, 0.1) is 6.10 Å². The minimum absolute atomic E-state index is 0.208. The third kappa shape index (κ3) is 3.63. The lowest BCUT2D eigenvalue weighted by Gasteiger charge is -2.19. The van der Waals surface area contributed by atoms with Gasteiger partial charge in [0.1, 0.15) is 0 Å². The number of nitrogens with one attached hydrogen (secondary N) is 1. The molecule has 3 heteroatoms. The summed E-state index contributed by atoms with van der Waals surface area (Å²) in [5.41, 5.74) is 7.97. The molecule has 0 saturated heterocycles. The van der Waals surface area contributed by atoms with Gasteiger partial charge in [-0.25, -0.2) is 0 Å². The molecule has 0 aromatic heterocycles. The van der Waals surface area contributed by atoms with E-state index in [1.54, 1.807) is 0 Å². The van der Waals surface area contributed by atoms with Gasteiger partial charge in [0.15, 0.2) is 0 Å². The number of nitrogens with two attached hydrogens (primary N) is 1. The highest BCUT2D eigenvalue weighted by Gasteiger charge is 2.15. The average molecular weight is 208 g/mol. The molecule has 2 unspecified atom stereocenters. The second-order valence-electron chi connectivity index (χ2n) is 3.91. The Bertz CT molecular complexity index is 284. The molecule has 0 heterocycles. The predicted molar refractivity (Wildman–Crippen MR) is 62.7 cm³/mol. The van der Waals surface area contributed by atoms with Crippen molar-refractivity contribution < 1.29 is 5.11 Å². The quantitative estimate of drug-likeness (QED) is 0.675. The van der Waals surface area contributed by atoms with Crippen molar-refractivity contribution in [2.45, 2.75) is 25.5 Å². The van der Waals surface area contributed by atoms with Crippen LogP contribution in [0.5, 0.6) is 0 Å². The Hall–Kier alpha value is -0.900. The van der Waals surface area contributed by atoms with Crippen LogP contribution in [-0.4, -0.2) is 24.7 Å². The Kier molecular flexibility index (Phi) is 4.75. The molecule has 0 aliphatic heterocycles. The zero-order valence-corrected chi connectivity index (χ0v) is 9.40. The summed E-state index contributed by atoms with van der Waals surface area (Å²) in [5, 5.41) is 13.0. The highest BCUT2D eigenvalue weighted by Crippen LogP contribution is 2.17. The van der Waals surface area contributed by atoms with Crippen LogP contribution in [0.3, 0.4) is 0 Å². The number of hydrogen-bond acceptors (Lipinski definition) is 3. The van der Waals surface area contributed by atoms with E-state index in [0.29, 0.717) is 0 Å². The van der Waals surface area contributed by atoms with E-state index in [2.05, 4.69) is 5.32 Å². The molecule has 1 aromatic rings. The molecule has 0 bridgehead atoms. The van der Waals surface area contributed by atoms with E-state index in [9.17, 15) is 5.11 Å². The molecule has 15 heavy (non-hydrogen) atoms. The van der Waals surface area contributed by atoms with E-state index in [0.717, 1.165) is 18.5 Å². The monoisotopic (exact) mass is 208 g/mol. The van der Waals surface area contributed by atoms with Crippen molar-refractivity contribution in [1.82, 2.24) is 5.32 Å². The highest BCUT2D eigenvalue weighted by molar-refractivity contribution is 5.23. The second-order valence-corrected chi connectivity index (χ2v) is 3.91. The number of aryl methyl sites for hydroxylation is 1. The lowest BCUT2D eigenvalue weighted by atomic mass is 9.99. The van der Waals surface area contributed by atoms with Crippen molar-refractivity contribution in [3.05, 3.63) is 35.4 Å². The molecular formula is C12H20N2O. The van der Waals surface area contributed by atoms with Crippen molar-refractivity contribution in [2.24, 2.45) is 5.73 Å². The van der Waals surface area contributed by atoms with E-state index in [1.807, 2.05) is 38.2 Å². The minimum Gasteiger partial charge on any atom is -0.387 e. The molecule has 0 fully saturated rings. The first kappa shape index (κ1) is 12.2. The fourth-order valence-electron chi connectivity index (χ4n) is 1.48. The third-order valence-corrected chi connectivity index (χ3v) is 2.55. The van der Waals surface area contributed by atoms with Gasteiger partial charge in [-0.05, 0) is 32.5 Å². The van der Waals surface area contributed by atoms with Gasteiger partial charge in [0.25, 0.3) is 0 Å². The van der Waals surface area contributed by atoms with Crippen LogP contribution in [0.1, 0.15) is 23.7 Å². The molecule has 0 spiro atoms. The van der Waals surface area contributed by atoms with E-state index in [1.165, 1.54) is 5.56 Å². The second kappa shape index (κ2) is 5.85. The summed E-state index contributed by atoms with van der Waals surface area (Å²) in [4.78, 5) is 0. The molecule has 0 radical (unpaired) electrons. The fraction of sp³-hybridized carbons (Fsp3) is 0.500. The Morgan fingerprint density at radius 3 is 2.47 bits per heavy atom. The summed E-state index contributed by atoms with van der Waals surface area (Å²) in [7, 11) is 1.88. The number of aliphatic hydroxyl groups excluding tert-OH is 1. The first-order valence-electron chi connectivity index (χ1n) is 5.30. The zero-order valence-electron chi connectivity index (χ0n) is 9.40. The van der Waals surface area contributed by atoms with Crippen LogP contribution in [0.15, 0.2) is 24.3 Å². The number of rotatable bonds is 5. The molecule has 1 aromatic carbocycles. The average Bonchev–Trinajstić information content (AvgIpc) is 2.26. The van der Waals surface area contributed by atoms with Gasteiger partial charge >= 0.3 is 0 Å². The lowest BCUT2D eigenvalue weighted by molar-refractivity contribution is 0.142. The van der Waals surface area contributed by atoms with Crippen LogP contribution in [0.4, 0.5) is 0 Å². The van der Waals surface area contributed by atoms with E-state index >= 15 is 0 Å². The topological polar surface area (TPSA) is 58.3 Å². The molecule has 1 rings (SSSR count). The normalized spacial score (nSPS) is 14.9. The highest BCUT2D eigenvalue weighted by atomic mass is 16.3. The Morgan fingerprint density at radius 1 is 1.33 bits per heavy atom. The van der Waals surface area contributed by atoms with Crippen molar-refractivity contribution >= 4 is 0 Å². The van der Waals surface area contributed by atoms with Crippen molar-refractivity contribution in [3.8, 4) is 0 Å². The molecule has 0 amide bonds. The summed E-state index contributed by atoms with van der Waals surface area (Å²) >= 11 is 0. The number of benzene rings is 1. The maximum Gasteiger partial charge on any atom is 0.0941 e.